The molecule has 2 rings (SSSR count). The van der Waals surface area contributed by atoms with Crippen molar-refractivity contribution in [2.75, 3.05) is 45.5 Å². The Bertz CT molecular complexity index is 358. The van der Waals surface area contributed by atoms with Crippen molar-refractivity contribution in [1.82, 2.24) is 14.5 Å². The van der Waals surface area contributed by atoms with Crippen LogP contribution in [0.3, 0.4) is 0 Å². The van der Waals surface area contributed by atoms with E-state index in [1.807, 2.05) is 7.05 Å². The smallest absolute Gasteiger partial charge is 0.214 e. The molecule has 2 saturated heterocycles. The Morgan fingerprint density at radius 2 is 2.06 bits per heavy atom. The molecule has 2 aliphatic heterocycles. The summed E-state index contributed by atoms with van der Waals surface area (Å²) < 4.78 is 26.1. The van der Waals surface area contributed by atoms with E-state index < -0.39 is 10.0 Å². The fourth-order valence-corrected chi connectivity index (χ4v) is 4.47. The van der Waals surface area contributed by atoms with Crippen LogP contribution in [0, 0.1) is 0 Å². The van der Waals surface area contributed by atoms with Gasteiger partial charge in [-0.25, -0.2) is 8.42 Å². The Morgan fingerprint density at radius 1 is 1.22 bits per heavy atom. The fourth-order valence-electron chi connectivity index (χ4n) is 2.94. The zero-order valence-corrected chi connectivity index (χ0v) is 12.1. The number of piperidine rings is 1. The van der Waals surface area contributed by atoms with Gasteiger partial charge >= 0.3 is 0 Å². The lowest BCUT2D eigenvalue weighted by molar-refractivity contribution is 0.0852. The Kier molecular flexibility index (Phi) is 5.00. The highest BCUT2D eigenvalue weighted by molar-refractivity contribution is 7.89. The third-order valence-electron chi connectivity index (χ3n) is 4.02. The van der Waals surface area contributed by atoms with Crippen molar-refractivity contribution in [3.05, 3.63) is 0 Å². The lowest BCUT2D eigenvalue weighted by Crippen LogP contribution is -2.56. The number of nitrogens with one attached hydrogen (secondary N) is 1. The predicted octanol–water partition coefficient (Wildman–Crippen LogP) is 0.0958. The van der Waals surface area contributed by atoms with Crippen LogP contribution in [0.4, 0.5) is 0 Å². The highest BCUT2D eigenvalue weighted by Gasteiger charge is 2.33. The molecule has 2 fully saturated rings. The molecule has 2 aliphatic rings. The molecular formula is C12H25N3O2S. The van der Waals surface area contributed by atoms with Gasteiger partial charge in [-0.3, -0.25) is 4.90 Å². The van der Waals surface area contributed by atoms with E-state index in [9.17, 15) is 8.42 Å². The molecule has 0 amide bonds. The van der Waals surface area contributed by atoms with Gasteiger partial charge in [-0.05, 0) is 39.4 Å². The van der Waals surface area contributed by atoms with Crippen LogP contribution in [0.2, 0.25) is 0 Å². The largest absolute Gasteiger partial charge is 0.320 e. The molecule has 0 aromatic rings. The van der Waals surface area contributed by atoms with E-state index in [1.54, 1.807) is 4.31 Å². The lowest BCUT2D eigenvalue weighted by Gasteiger charge is -2.43. The average Bonchev–Trinajstić information content (AvgIpc) is 2.38. The van der Waals surface area contributed by atoms with Crippen molar-refractivity contribution in [2.24, 2.45) is 0 Å². The molecule has 18 heavy (non-hydrogen) atoms. The van der Waals surface area contributed by atoms with E-state index in [0.717, 1.165) is 26.1 Å². The van der Waals surface area contributed by atoms with E-state index in [4.69, 9.17) is 0 Å². The van der Waals surface area contributed by atoms with Crippen LogP contribution in [0.15, 0.2) is 0 Å². The van der Waals surface area contributed by atoms with Crippen molar-refractivity contribution in [3.63, 3.8) is 0 Å². The Labute approximate surface area is 111 Å². The molecule has 1 unspecified atom stereocenters. The minimum Gasteiger partial charge on any atom is -0.320 e. The molecular weight excluding hydrogens is 250 g/mol. The van der Waals surface area contributed by atoms with E-state index in [2.05, 4.69) is 10.2 Å². The summed E-state index contributed by atoms with van der Waals surface area (Å²) in [6.45, 7) is 4.22. The normalized spacial score (nSPS) is 27.1. The van der Waals surface area contributed by atoms with Gasteiger partial charge in [-0.15, -0.1) is 0 Å². The summed E-state index contributed by atoms with van der Waals surface area (Å²) in [6.07, 6.45) is 4.37. The summed E-state index contributed by atoms with van der Waals surface area (Å²) in [5, 5.41) is 3.00. The lowest BCUT2D eigenvalue weighted by atomic mass is 10.0. The molecule has 0 aromatic heterocycles. The zero-order chi connectivity index (χ0) is 13.0. The van der Waals surface area contributed by atoms with Gasteiger partial charge in [-0.1, -0.05) is 6.42 Å². The number of sulfonamides is 1. The second-order valence-electron chi connectivity index (χ2n) is 5.32. The summed E-state index contributed by atoms with van der Waals surface area (Å²) in [7, 11) is -1.18. The quantitative estimate of drug-likeness (QED) is 0.723. The second kappa shape index (κ2) is 6.32. The first-order valence-electron chi connectivity index (χ1n) is 7.00. The van der Waals surface area contributed by atoms with E-state index >= 15 is 0 Å². The van der Waals surface area contributed by atoms with Crippen LogP contribution < -0.4 is 5.32 Å². The first-order chi connectivity index (χ1) is 8.63. The topological polar surface area (TPSA) is 52.7 Å². The summed E-state index contributed by atoms with van der Waals surface area (Å²) >= 11 is 0. The van der Waals surface area contributed by atoms with Gasteiger partial charge in [0.1, 0.15) is 0 Å². The average molecular weight is 275 g/mol. The third kappa shape index (κ3) is 3.44. The summed E-state index contributed by atoms with van der Waals surface area (Å²) in [5.41, 5.74) is 0. The maximum absolute atomic E-state index is 12.2. The molecule has 0 aromatic carbocycles. The van der Waals surface area contributed by atoms with Gasteiger partial charge in [-0.2, -0.15) is 4.31 Å². The molecule has 0 bridgehead atoms. The molecule has 6 heteroatoms. The van der Waals surface area contributed by atoms with Gasteiger partial charge < -0.3 is 5.32 Å². The third-order valence-corrected chi connectivity index (χ3v) is 5.95. The molecule has 2 heterocycles. The number of rotatable bonds is 5. The summed E-state index contributed by atoms with van der Waals surface area (Å²) in [6, 6.07) is 0.464. The molecule has 1 atom stereocenters. The first-order valence-corrected chi connectivity index (χ1v) is 8.61. The second-order valence-corrected chi connectivity index (χ2v) is 7.41. The van der Waals surface area contributed by atoms with Crippen molar-refractivity contribution < 1.29 is 8.42 Å². The standard InChI is InChI=1S/C12H25N3O2S/c1-13-6-4-10-18(16,17)15-9-8-14-7-3-2-5-12(14)11-15/h12-13H,2-11H2,1H3. The SMILES string of the molecule is CNCCCS(=O)(=O)N1CCN2CCCCC2C1. The van der Waals surface area contributed by atoms with Crippen molar-refractivity contribution >= 4 is 10.0 Å². The number of hydrogen-bond acceptors (Lipinski definition) is 4. The van der Waals surface area contributed by atoms with E-state index in [1.165, 1.54) is 12.8 Å². The molecule has 0 radical (unpaired) electrons. The Morgan fingerprint density at radius 3 is 2.83 bits per heavy atom. The molecule has 106 valence electrons. The molecule has 1 N–H and O–H groups in total. The molecule has 5 nitrogen and oxygen atoms in total. The molecule has 0 aliphatic carbocycles. The number of hydrogen-bond donors (Lipinski definition) is 1. The van der Waals surface area contributed by atoms with Crippen LogP contribution in [0.25, 0.3) is 0 Å². The first kappa shape index (κ1) is 14.2. The van der Waals surface area contributed by atoms with E-state index in [-0.39, 0.29) is 5.75 Å². The van der Waals surface area contributed by atoms with Crippen molar-refractivity contribution in [3.8, 4) is 0 Å². The number of nitrogens with zero attached hydrogens (tertiary/aromatic N) is 2. The van der Waals surface area contributed by atoms with Crippen LogP contribution in [-0.4, -0.2) is 69.2 Å². The molecule has 0 spiro atoms. The van der Waals surface area contributed by atoms with Crippen molar-refractivity contribution in [1.29, 1.82) is 0 Å². The predicted molar refractivity (Wildman–Crippen MR) is 73.1 cm³/mol. The highest BCUT2D eigenvalue weighted by Crippen LogP contribution is 2.22. The van der Waals surface area contributed by atoms with Gasteiger partial charge in [0, 0.05) is 25.7 Å². The van der Waals surface area contributed by atoms with Gasteiger partial charge in [0.05, 0.1) is 5.75 Å². The van der Waals surface area contributed by atoms with Gasteiger partial charge in [0.15, 0.2) is 0 Å². The minimum absolute atomic E-state index is 0.278. The zero-order valence-electron chi connectivity index (χ0n) is 11.3. The van der Waals surface area contributed by atoms with Gasteiger partial charge in [0.25, 0.3) is 0 Å². The molecule has 0 saturated carbocycles. The number of piperazine rings is 1. The fraction of sp³-hybridized carbons (Fsp3) is 1.00. The maximum atomic E-state index is 12.2. The maximum Gasteiger partial charge on any atom is 0.214 e. The van der Waals surface area contributed by atoms with Crippen LogP contribution in [-0.2, 0) is 10.0 Å². The summed E-state index contributed by atoms with van der Waals surface area (Å²) in [5.74, 6) is 0.278. The Hall–Kier alpha value is -0.170. The number of fused-ring (bicyclic) bond motifs is 1. The van der Waals surface area contributed by atoms with Crippen LogP contribution >= 0.6 is 0 Å². The van der Waals surface area contributed by atoms with E-state index in [0.29, 0.717) is 25.6 Å². The van der Waals surface area contributed by atoms with Gasteiger partial charge in [0.2, 0.25) is 10.0 Å². The Balaban J connectivity index is 1.89. The monoisotopic (exact) mass is 275 g/mol. The van der Waals surface area contributed by atoms with Crippen LogP contribution in [0.5, 0.6) is 0 Å². The minimum atomic E-state index is -3.04. The highest BCUT2D eigenvalue weighted by atomic mass is 32.2. The van der Waals surface area contributed by atoms with Crippen LogP contribution in [0.1, 0.15) is 25.7 Å². The van der Waals surface area contributed by atoms with Crippen molar-refractivity contribution in [2.45, 2.75) is 31.7 Å². The summed E-state index contributed by atoms with van der Waals surface area (Å²) in [4.78, 5) is 2.46.